The quantitative estimate of drug-likeness (QED) is 0.748. The number of fused-ring (bicyclic) bond motifs is 1. The van der Waals surface area contributed by atoms with Crippen molar-refractivity contribution in [3.05, 3.63) is 58.7 Å². The number of benzene rings is 2. The summed E-state index contributed by atoms with van der Waals surface area (Å²) in [4.78, 5) is 12.2. The summed E-state index contributed by atoms with van der Waals surface area (Å²) in [6, 6.07) is 12.6. The number of rotatable bonds is 4. The summed E-state index contributed by atoms with van der Waals surface area (Å²) in [5.41, 5.74) is 1.50. The van der Waals surface area contributed by atoms with Gasteiger partial charge in [0.15, 0.2) is 0 Å². The average Bonchev–Trinajstić information content (AvgIpc) is 2.92. The number of carbonyl (C=O) groups is 1. The van der Waals surface area contributed by atoms with E-state index in [4.69, 9.17) is 27.9 Å². The van der Waals surface area contributed by atoms with Gasteiger partial charge in [-0.1, -0.05) is 23.2 Å². The molecule has 1 N–H and O–H groups in total. The molecule has 0 saturated heterocycles. The van der Waals surface area contributed by atoms with Crippen molar-refractivity contribution in [3.8, 4) is 5.75 Å². The van der Waals surface area contributed by atoms with Crippen molar-refractivity contribution in [3.63, 3.8) is 0 Å². The summed E-state index contributed by atoms with van der Waals surface area (Å²) < 4.78 is 7.07. The summed E-state index contributed by atoms with van der Waals surface area (Å²) in [7, 11) is 1.63. The van der Waals surface area contributed by atoms with E-state index >= 15 is 0 Å². The summed E-state index contributed by atoms with van der Waals surface area (Å²) in [6.07, 6.45) is 1.87. The molecule has 0 unspecified atom stereocenters. The van der Waals surface area contributed by atoms with E-state index in [1.54, 1.807) is 25.3 Å². The molecule has 0 aliphatic heterocycles. The first kappa shape index (κ1) is 15.7. The van der Waals surface area contributed by atoms with Crippen LogP contribution in [0.15, 0.2) is 48.7 Å². The average molecular weight is 349 g/mol. The molecule has 23 heavy (non-hydrogen) atoms. The van der Waals surface area contributed by atoms with E-state index < -0.39 is 0 Å². The summed E-state index contributed by atoms with van der Waals surface area (Å²) in [5.74, 6) is 0.621. The van der Waals surface area contributed by atoms with Gasteiger partial charge in [-0.2, -0.15) is 0 Å². The van der Waals surface area contributed by atoms with E-state index in [0.717, 1.165) is 16.7 Å². The van der Waals surface area contributed by atoms with Gasteiger partial charge in [0.25, 0.3) is 0 Å². The van der Waals surface area contributed by atoms with Crippen LogP contribution in [-0.4, -0.2) is 17.6 Å². The fourth-order valence-corrected chi connectivity index (χ4v) is 2.83. The Bertz CT molecular complexity index is 874. The van der Waals surface area contributed by atoms with Crippen molar-refractivity contribution in [2.45, 2.75) is 6.54 Å². The normalized spacial score (nSPS) is 10.7. The number of nitrogens with zero attached hydrogens (tertiary/aromatic N) is 1. The Kier molecular flexibility index (Phi) is 4.46. The van der Waals surface area contributed by atoms with Gasteiger partial charge in [-0.3, -0.25) is 4.79 Å². The lowest BCUT2D eigenvalue weighted by Crippen LogP contribution is -2.18. The molecular formula is C17H14Cl2N2O2. The van der Waals surface area contributed by atoms with Crippen molar-refractivity contribution < 1.29 is 9.53 Å². The number of hydrogen-bond acceptors (Lipinski definition) is 2. The molecule has 0 fully saturated rings. The van der Waals surface area contributed by atoms with Gasteiger partial charge < -0.3 is 14.6 Å². The third kappa shape index (κ3) is 3.44. The van der Waals surface area contributed by atoms with Crippen molar-refractivity contribution in [2.75, 3.05) is 12.4 Å². The maximum Gasteiger partial charge on any atom is 0.244 e. The second-order valence-electron chi connectivity index (χ2n) is 5.04. The van der Waals surface area contributed by atoms with E-state index in [1.807, 2.05) is 35.0 Å². The van der Waals surface area contributed by atoms with Gasteiger partial charge in [0.2, 0.25) is 5.91 Å². The molecular weight excluding hydrogens is 335 g/mol. The van der Waals surface area contributed by atoms with E-state index in [1.165, 1.54) is 0 Å². The number of aromatic nitrogens is 1. The van der Waals surface area contributed by atoms with Crippen LogP contribution in [0.1, 0.15) is 0 Å². The molecule has 4 nitrogen and oxygen atoms in total. The predicted molar refractivity (Wildman–Crippen MR) is 93.6 cm³/mol. The van der Waals surface area contributed by atoms with Crippen molar-refractivity contribution in [1.82, 2.24) is 4.57 Å². The van der Waals surface area contributed by atoms with Crippen LogP contribution in [-0.2, 0) is 11.3 Å². The Labute approximate surface area is 143 Å². The van der Waals surface area contributed by atoms with Gasteiger partial charge >= 0.3 is 0 Å². The highest BCUT2D eigenvalue weighted by Gasteiger charge is 2.09. The third-order valence-corrected chi connectivity index (χ3v) is 4.05. The predicted octanol–water partition coefficient (Wildman–Crippen LogP) is 4.60. The van der Waals surface area contributed by atoms with Crippen LogP contribution in [0.4, 0.5) is 5.69 Å². The van der Waals surface area contributed by atoms with Crippen LogP contribution in [0.25, 0.3) is 10.9 Å². The van der Waals surface area contributed by atoms with Crippen LogP contribution in [0.5, 0.6) is 5.75 Å². The molecule has 0 aliphatic carbocycles. The molecule has 3 rings (SSSR count). The highest BCUT2D eigenvalue weighted by atomic mass is 35.5. The molecule has 1 heterocycles. The summed E-state index contributed by atoms with van der Waals surface area (Å²) in [6.45, 7) is 0.189. The van der Waals surface area contributed by atoms with E-state index in [0.29, 0.717) is 15.7 Å². The van der Waals surface area contributed by atoms with Crippen molar-refractivity contribution in [1.29, 1.82) is 0 Å². The first-order valence-corrected chi connectivity index (χ1v) is 7.70. The van der Waals surface area contributed by atoms with E-state index in [-0.39, 0.29) is 12.5 Å². The minimum Gasteiger partial charge on any atom is -0.497 e. The van der Waals surface area contributed by atoms with Crippen LogP contribution in [0, 0.1) is 0 Å². The number of amides is 1. The number of carbonyl (C=O) groups excluding carboxylic acids is 1. The highest BCUT2D eigenvalue weighted by Crippen LogP contribution is 2.26. The Hall–Kier alpha value is -2.17. The number of ether oxygens (including phenoxy) is 1. The first-order chi connectivity index (χ1) is 11.1. The zero-order chi connectivity index (χ0) is 16.4. The lowest BCUT2D eigenvalue weighted by atomic mass is 10.2. The van der Waals surface area contributed by atoms with Gasteiger partial charge in [-0.05, 0) is 42.5 Å². The second kappa shape index (κ2) is 6.52. The fourth-order valence-electron chi connectivity index (χ4n) is 2.38. The van der Waals surface area contributed by atoms with Crippen molar-refractivity contribution >= 4 is 45.7 Å². The molecule has 0 radical (unpaired) electrons. The molecule has 0 spiro atoms. The highest BCUT2D eigenvalue weighted by molar-refractivity contribution is 6.36. The zero-order valence-electron chi connectivity index (χ0n) is 12.3. The van der Waals surface area contributed by atoms with Gasteiger partial charge in [-0.15, -0.1) is 0 Å². The fraction of sp³-hybridized carbons (Fsp3) is 0.118. The first-order valence-electron chi connectivity index (χ1n) is 6.94. The Morgan fingerprint density at radius 3 is 2.74 bits per heavy atom. The third-order valence-electron chi connectivity index (χ3n) is 3.50. The number of hydrogen-bond donors (Lipinski definition) is 1. The Morgan fingerprint density at radius 1 is 1.17 bits per heavy atom. The van der Waals surface area contributed by atoms with Crippen molar-refractivity contribution in [2.24, 2.45) is 0 Å². The van der Waals surface area contributed by atoms with Crippen LogP contribution < -0.4 is 10.1 Å². The Morgan fingerprint density at radius 2 is 2.00 bits per heavy atom. The van der Waals surface area contributed by atoms with Gasteiger partial charge in [0.1, 0.15) is 12.3 Å². The molecule has 2 aromatic carbocycles. The number of halogens is 2. The molecule has 1 amide bonds. The molecule has 0 bridgehead atoms. The molecule has 118 valence electrons. The number of anilines is 1. The second-order valence-corrected chi connectivity index (χ2v) is 5.88. The number of nitrogens with one attached hydrogen (secondary N) is 1. The minimum atomic E-state index is -0.164. The standard InChI is InChI=1S/C17H14Cl2N2O2/c1-23-13-3-5-16-11(8-13)6-7-21(16)10-17(22)20-15-4-2-12(18)9-14(15)19/h2-9H,10H2,1H3,(H,20,22). The van der Waals surface area contributed by atoms with Gasteiger partial charge in [0.05, 0.1) is 17.8 Å². The largest absolute Gasteiger partial charge is 0.497 e. The maximum atomic E-state index is 12.2. The topological polar surface area (TPSA) is 43.3 Å². The molecule has 6 heteroatoms. The minimum absolute atomic E-state index is 0.164. The smallest absolute Gasteiger partial charge is 0.244 e. The molecule has 1 aromatic heterocycles. The lowest BCUT2D eigenvalue weighted by Gasteiger charge is -2.09. The van der Waals surface area contributed by atoms with E-state index in [2.05, 4.69) is 5.32 Å². The SMILES string of the molecule is COc1ccc2c(ccn2CC(=O)Nc2ccc(Cl)cc2Cl)c1. The number of methoxy groups -OCH3 is 1. The molecule has 0 saturated carbocycles. The monoisotopic (exact) mass is 348 g/mol. The lowest BCUT2D eigenvalue weighted by molar-refractivity contribution is -0.116. The Balaban J connectivity index is 1.77. The summed E-state index contributed by atoms with van der Waals surface area (Å²) in [5, 5.41) is 4.74. The van der Waals surface area contributed by atoms with Crippen LogP contribution in [0.3, 0.4) is 0 Å². The van der Waals surface area contributed by atoms with Crippen LogP contribution in [0.2, 0.25) is 10.0 Å². The van der Waals surface area contributed by atoms with Gasteiger partial charge in [-0.25, -0.2) is 0 Å². The summed E-state index contributed by atoms with van der Waals surface area (Å²) >= 11 is 11.9. The molecule has 0 atom stereocenters. The molecule has 3 aromatic rings. The van der Waals surface area contributed by atoms with Crippen LogP contribution >= 0.6 is 23.2 Å². The molecule has 0 aliphatic rings. The van der Waals surface area contributed by atoms with E-state index in [9.17, 15) is 4.79 Å². The van der Waals surface area contributed by atoms with Gasteiger partial charge in [0, 0.05) is 22.1 Å². The zero-order valence-corrected chi connectivity index (χ0v) is 13.9. The maximum absolute atomic E-state index is 12.2.